The predicted molar refractivity (Wildman–Crippen MR) is 55.3 cm³/mol. The Labute approximate surface area is 85.6 Å². The van der Waals surface area contributed by atoms with Crippen LogP contribution in [-0.2, 0) is 0 Å². The van der Waals surface area contributed by atoms with Gasteiger partial charge in [0.05, 0.1) is 21.3 Å². The van der Waals surface area contributed by atoms with Gasteiger partial charge in [0.15, 0.2) is 5.78 Å². The van der Waals surface area contributed by atoms with E-state index >= 15 is 0 Å². The summed E-state index contributed by atoms with van der Waals surface area (Å²) in [6.45, 7) is 1.37. The second-order valence-electron chi connectivity index (χ2n) is 2.61. The third kappa shape index (κ3) is 1.71. The van der Waals surface area contributed by atoms with Crippen molar-refractivity contribution in [1.82, 2.24) is 0 Å². The SMILES string of the molecule is CC(=O)c1c(N)cc(Cl)c(N)c1Cl. The quantitative estimate of drug-likeness (QED) is 0.562. The molecule has 0 unspecified atom stereocenters. The van der Waals surface area contributed by atoms with E-state index in [1.165, 1.54) is 13.0 Å². The fourth-order valence-corrected chi connectivity index (χ4v) is 1.61. The lowest BCUT2D eigenvalue weighted by molar-refractivity contribution is 0.101. The van der Waals surface area contributed by atoms with Gasteiger partial charge in [-0.05, 0) is 13.0 Å². The zero-order chi connectivity index (χ0) is 10.2. The molecule has 0 aromatic heterocycles. The third-order valence-corrected chi connectivity index (χ3v) is 2.34. The summed E-state index contributed by atoms with van der Waals surface area (Å²) >= 11 is 11.5. The van der Waals surface area contributed by atoms with E-state index in [4.69, 9.17) is 34.7 Å². The van der Waals surface area contributed by atoms with Crippen LogP contribution in [0.5, 0.6) is 0 Å². The van der Waals surface area contributed by atoms with Gasteiger partial charge in [-0.15, -0.1) is 0 Å². The summed E-state index contributed by atoms with van der Waals surface area (Å²) in [6, 6.07) is 1.42. The number of ketones is 1. The number of nitrogens with two attached hydrogens (primary N) is 2. The van der Waals surface area contributed by atoms with Crippen molar-refractivity contribution >= 4 is 40.4 Å². The minimum Gasteiger partial charge on any atom is -0.398 e. The van der Waals surface area contributed by atoms with E-state index in [9.17, 15) is 4.79 Å². The van der Waals surface area contributed by atoms with E-state index in [1.54, 1.807) is 0 Å². The van der Waals surface area contributed by atoms with E-state index in [0.717, 1.165) is 0 Å². The highest BCUT2D eigenvalue weighted by Gasteiger charge is 2.15. The Morgan fingerprint density at radius 2 is 1.92 bits per heavy atom. The molecule has 13 heavy (non-hydrogen) atoms. The maximum Gasteiger partial charge on any atom is 0.163 e. The minimum atomic E-state index is -0.231. The van der Waals surface area contributed by atoms with E-state index in [0.29, 0.717) is 0 Å². The first kappa shape index (κ1) is 10.2. The van der Waals surface area contributed by atoms with Gasteiger partial charge < -0.3 is 11.5 Å². The summed E-state index contributed by atoms with van der Waals surface area (Å²) < 4.78 is 0. The first-order valence-corrected chi connectivity index (χ1v) is 4.24. The molecule has 4 N–H and O–H groups in total. The second kappa shape index (κ2) is 3.44. The van der Waals surface area contributed by atoms with E-state index in [2.05, 4.69) is 0 Å². The molecule has 0 bridgehead atoms. The zero-order valence-corrected chi connectivity index (χ0v) is 8.41. The van der Waals surface area contributed by atoms with Gasteiger partial charge in [-0.2, -0.15) is 0 Å². The average molecular weight is 219 g/mol. The van der Waals surface area contributed by atoms with Gasteiger partial charge in [0.1, 0.15) is 0 Å². The number of carbonyl (C=O) groups excluding carboxylic acids is 1. The van der Waals surface area contributed by atoms with Crippen LogP contribution in [0.2, 0.25) is 10.0 Å². The van der Waals surface area contributed by atoms with Gasteiger partial charge in [0.2, 0.25) is 0 Å². The molecule has 5 heteroatoms. The van der Waals surface area contributed by atoms with Crippen LogP contribution in [-0.4, -0.2) is 5.78 Å². The normalized spacial score (nSPS) is 10.1. The van der Waals surface area contributed by atoms with Gasteiger partial charge in [-0.25, -0.2) is 0 Å². The molecule has 70 valence electrons. The van der Waals surface area contributed by atoms with Crippen LogP contribution in [0.25, 0.3) is 0 Å². The molecule has 0 radical (unpaired) electrons. The summed E-state index contributed by atoms with van der Waals surface area (Å²) in [5, 5.41) is 0.380. The molecular formula is C8H8Cl2N2O. The Hall–Kier alpha value is -0.930. The molecule has 1 aromatic carbocycles. The van der Waals surface area contributed by atoms with E-state index in [1.807, 2.05) is 0 Å². The molecule has 0 saturated heterocycles. The van der Waals surface area contributed by atoms with Crippen molar-refractivity contribution < 1.29 is 4.79 Å². The van der Waals surface area contributed by atoms with E-state index in [-0.39, 0.29) is 32.8 Å². The maximum atomic E-state index is 11.1. The number of nitrogen functional groups attached to an aromatic ring is 2. The van der Waals surface area contributed by atoms with Crippen molar-refractivity contribution in [2.24, 2.45) is 0 Å². The monoisotopic (exact) mass is 218 g/mol. The summed E-state index contributed by atoms with van der Waals surface area (Å²) in [5.74, 6) is -0.231. The van der Waals surface area contributed by atoms with Crippen molar-refractivity contribution in [1.29, 1.82) is 0 Å². The molecule has 0 heterocycles. The highest BCUT2D eigenvalue weighted by Crippen LogP contribution is 2.34. The summed E-state index contributed by atoms with van der Waals surface area (Å²) in [4.78, 5) is 11.1. The zero-order valence-electron chi connectivity index (χ0n) is 6.90. The maximum absolute atomic E-state index is 11.1. The number of anilines is 2. The van der Waals surface area contributed by atoms with Crippen LogP contribution in [0.1, 0.15) is 17.3 Å². The van der Waals surface area contributed by atoms with Gasteiger partial charge in [0.25, 0.3) is 0 Å². The number of carbonyl (C=O) groups is 1. The number of rotatable bonds is 1. The Morgan fingerprint density at radius 1 is 1.38 bits per heavy atom. The number of Topliss-reactive ketones (excluding diaryl/α,β-unsaturated/α-hetero) is 1. The molecule has 1 aromatic rings. The number of halogens is 2. The van der Waals surface area contributed by atoms with Gasteiger partial charge >= 0.3 is 0 Å². The number of hydrogen-bond acceptors (Lipinski definition) is 3. The standard InChI is InChI=1S/C8H8Cl2N2O/c1-3(13)6-5(11)2-4(9)8(12)7(6)10/h2H,11-12H2,1H3. The highest BCUT2D eigenvalue weighted by molar-refractivity contribution is 6.41. The Bertz CT molecular complexity index is 377. The minimum absolute atomic E-state index is 0.123. The summed E-state index contributed by atoms with van der Waals surface area (Å²) in [7, 11) is 0. The number of benzene rings is 1. The van der Waals surface area contributed by atoms with Gasteiger partial charge in [-0.3, -0.25) is 4.79 Å². The third-order valence-electron chi connectivity index (χ3n) is 1.64. The lowest BCUT2D eigenvalue weighted by Gasteiger charge is -2.08. The average Bonchev–Trinajstić information content (AvgIpc) is 1.99. The molecule has 0 aliphatic rings. The van der Waals surface area contributed by atoms with Crippen molar-refractivity contribution in [3.63, 3.8) is 0 Å². The fraction of sp³-hybridized carbons (Fsp3) is 0.125. The smallest absolute Gasteiger partial charge is 0.163 e. The van der Waals surface area contributed by atoms with Crippen LogP contribution in [0.4, 0.5) is 11.4 Å². The molecule has 0 fully saturated rings. The van der Waals surface area contributed by atoms with Crippen molar-refractivity contribution in [2.45, 2.75) is 6.92 Å². The molecule has 0 atom stereocenters. The van der Waals surface area contributed by atoms with Crippen molar-refractivity contribution in [2.75, 3.05) is 11.5 Å². The van der Waals surface area contributed by atoms with Crippen LogP contribution < -0.4 is 11.5 Å². The highest BCUT2D eigenvalue weighted by atomic mass is 35.5. The first-order valence-electron chi connectivity index (χ1n) is 3.49. The number of hydrogen-bond donors (Lipinski definition) is 2. The Kier molecular flexibility index (Phi) is 2.68. The van der Waals surface area contributed by atoms with Crippen LogP contribution in [0.3, 0.4) is 0 Å². The second-order valence-corrected chi connectivity index (χ2v) is 3.39. The largest absolute Gasteiger partial charge is 0.398 e. The molecule has 3 nitrogen and oxygen atoms in total. The van der Waals surface area contributed by atoms with Crippen LogP contribution >= 0.6 is 23.2 Å². The molecule has 0 amide bonds. The molecule has 0 aliphatic carbocycles. The summed E-state index contributed by atoms with van der Waals surface area (Å²) in [6.07, 6.45) is 0. The van der Waals surface area contributed by atoms with Crippen molar-refractivity contribution in [3.05, 3.63) is 21.7 Å². The van der Waals surface area contributed by atoms with Gasteiger partial charge in [-0.1, -0.05) is 23.2 Å². The van der Waals surface area contributed by atoms with Gasteiger partial charge in [0, 0.05) is 5.69 Å². The molecule has 0 spiro atoms. The van der Waals surface area contributed by atoms with Crippen LogP contribution in [0.15, 0.2) is 6.07 Å². The molecule has 0 saturated carbocycles. The summed E-state index contributed by atoms with van der Waals surface area (Å²) in [5.41, 5.74) is 11.7. The Balaban J connectivity index is 3.53. The topological polar surface area (TPSA) is 69.1 Å². The van der Waals surface area contributed by atoms with Crippen LogP contribution in [0, 0.1) is 0 Å². The lowest BCUT2D eigenvalue weighted by Crippen LogP contribution is -2.03. The predicted octanol–water partition coefficient (Wildman–Crippen LogP) is 2.36. The first-order chi connectivity index (χ1) is 5.95. The lowest BCUT2D eigenvalue weighted by atomic mass is 10.1. The molecular weight excluding hydrogens is 211 g/mol. The van der Waals surface area contributed by atoms with Crippen molar-refractivity contribution in [3.8, 4) is 0 Å². The Morgan fingerprint density at radius 3 is 2.38 bits per heavy atom. The van der Waals surface area contributed by atoms with E-state index < -0.39 is 0 Å². The molecule has 1 rings (SSSR count). The molecule has 0 aliphatic heterocycles. The fourth-order valence-electron chi connectivity index (χ4n) is 1.01.